The number of rotatable bonds is 11. The van der Waals surface area contributed by atoms with Crippen molar-refractivity contribution in [2.75, 3.05) is 34.5 Å². The SMILES string of the molecule is COc1ccc(CCC(=O)NCC(O)COc2c(OC)cccc2OC)cc1. The van der Waals surface area contributed by atoms with E-state index in [9.17, 15) is 9.90 Å². The molecule has 0 spiro atoms. The third kappa shape index (κ3) is 6.35. The normalized spacial score (nSPS) is 11.4. The van der Waals surface area contributed by atoms with Crippen molar-refractivity contribution in [3.05, 3.63) is 48.0 Å². The molecule has 7 heteroatoms. The lowest BCUT2D eigenvalue weighted by molar-refractivity contribution is -0.121. The summed E-state index contributed by atoms with van der Waals surface area (Å²) >= 11 is 0. The van der Waals surface area contributed by atoms with Crippen LogP contribution in [0.2, 0.25) is 0 Å². The molecule has 1 amide bonds. The predicted octanol–water partition coefficient (Wildman–Crippen LogP) is 2.20. The van der Waals surface area contributed by atoms with Gasteiger partial charge in [-0.15, -0.1) is 0 Å². The molecule has 0 fully saturated rings. The van der Waals surface area contributed by atoms with Crippen LogP contribution in [0.3, 0.4) is 0 Å². The maximum Gasteiger partial charge on any atom is 0.220 e. The van der Waals surface area contributed by atoms with Crippen molar-refractivity contribution < 1.29 is 28.8 Å². The molecule has 0 aromatic heterocycles. The van der Waals surface area contributed by atoms with E-state index < -0.39 is 6.10 Å². The highest BCUT2D eigenvalue weighted by Crippen LogP contribution is 2.36. The number of nitrogens with one attached hydrogen (secondary N) is 1. The van der Waals surface area contributed by atoms with Crippen LogP contribution in [-0.2, 0) is 11.2 Å². The van der Waals surface area contributed by atoms with Gasteiger partial charge in [0.25, 0.3) is 0 Å². The first-order valence-electron chi connectivity index (χ1n) is 8.98. The molecule has 1 unspecified atom stereocenters. The summed E-state index contributed by atoms with van der Waals surface area (Å²) in [4.78, 5) is 12.0. The first-order chi connectivity index (χ1) is 13.6. The quantitative estimate of drug-likeness (QED) is 0.613. The second kappa shape index (κ2) is 11.0. The van der Waals surface area contributed by atoms with Gasteiger partial charge in [0, 0.05) is 13.0 Å². The maximum atomic E-state index is 12.0. The molecule has 0 aliphatic heterocycles. The Morgan fingerprint density at radius 1 is 1.00 bits per heavy atom. The van der Waals surface area contributed by atoms with E-state index in [1.54, 1.807) is 25.3 Å². The molecule has 152 valence electrons. The molecule has 2 N–H and O–H groups in total. The van der Waals surface area contributed by atoms with Crippen LogP contribution in [0.15, 0.2) is 42.5 Å². The standard InChI is InChI=1S/C21H27NO6/c1-25-17-10-7-15(8-11-17)9-12-20(24)22-13-16(23)14-28-21-18(26-2)5-4-6-19(21)27-3/h4-8,10-11,16,23H,9,12-14H2,1-3H3,(H,22,24). The molecular weight excluding hydrogens is 362 g/mol. The van der Waals surface area contributed by atoms with E-state index in [4.69, 9.17) is 18.9 Å². The molecule has 0 aliphatic carbocycles. The highest BCUT2D eigenvalue weighted by atomic mass is 16.5. The van der Waals surface area contributed by atoms with E-state index in [0.717, 1.165) is 11.3 Å². The molecule has 2 aromatic rings. The van der Waals surface area contributed by atoms with Gasteiger partial charge in [-0.05, 0) is 36.2 Å². The van der Waals surface area contributed by atoms with E-state index in [1.807, 2.05) is 24.3 Å². The smallest absolute Gasteiger partial charge is 0.220 e. The molecular formula is C21H27NO6. The number of carbonyl (C=O) groups excluding carboxylic acids is 1. The summed E-state index contributed by atoms with van der Waals surface area (Å²) in [5.74, 6) is 2.08. The van der Waals surface area contributed by atoms with E-state index in [1.165, 1.54) is 14.2 Å². The van der Waals surface area contributed by atoms with Crippen LogP contribution < -0.4 is 24.3 Å². The van der Waals surface area contributed by atoms with Crippen molar-refractivity contribution in [1.82, 2.24) is 5.32 Å². The van der Waals surface area contributed by atoms with Crippen molar-refractivity contribution in [3.8, 4) is 23.0 Å². The summed E-state index contributed by atoms with van der Waals surface area (Å²) in [6, 6.07) is 12.8. The predicted molar refractivity (Wildman–Crippen MR) is 105 cm³/mol. The minimum atomic E-state index is -0.862. The average molecular weight is 389 g/mol. The van der Waals surface area contributed by atoms with Gasteiger partial charge in [-0.3, -0.25) is 4.79 Å². The molecule has 28 heavy (non-hydrogen) atoms. The van der Waals surface area contributed by atoms with Crippen molar-refractivity contribution in [2.24, 2.45) is 0 Å². The van der Waals surface area contributed by atoms with E-state index >= 15 is 0 Å². The lowest BCUT2D eigenvalue weighted by Gasteiger charge is -2.17. The number of hydrogen-bond acceptors (Lipinski definition) is 6. The van der Waals surface area contributed by atoms with Gasteiger partial charge in [-0.25, -0.2) is 0 Å². The molecule has 0 saturated heterocycles. The Kier molecular flexibility index (Phi) is 8.42. The number of hydrogen-bond donors (Lipinski definition) is 2. The van der Waals surface area contributed by atoms with Gasteiger partial charge >= 0.3 is 0 Å². The number of carbonyl (C=O) groups is 1. The van der Waals surface area contributed by atoms with Crippen molar-refractivity contribution in [1.29, 1.82) is 0 Å². The Labute approximate surface area is 165 Å². The van der Waals surface area contributed by atoms with Gasteiger partial charge in [0.15, 0.2) is 11.5 Å². The van der Waals surface area contributed by atoms with Gasteiger partial charge in [-0.2, -0.15) is 0 Å². The second-order valence-corrected chi connectivity index (χ2v) is 6.11. The fraction of sp³-hybridized carbons (Fsp3) is 0.381. The summed E-state index contributed by atoms with van der Waals surface area (Å²) in [5.41, 5.74) is 1.04. The Hall–Kier alpha value is -2.93. The zero-order chi connectivity index (χ0) is 20.4. The second-order valence-electron chi connectivity index (χ2n) is 6.11. The molecule has 1 atom stereocenters. The molecule has 7 nitrogen and oxygen atoms in total. The number of aryl methyl sites for hydroxylation is 1. The number of amides is 1. The summed E-state index contributed by atoms with van der Waals surface area (Å²) in [5, 5.41) is 12.8. The van der Waals surface area contributed by atoms with Gasteiger partial charge < -0.3 is 29.4 Å². The summed E-state index contributed by atoms with van der Waals surface area (Å²) in [6.07, 6.45) is 0.0840. The molecule has 0 radical (unpaired) electrons. The molecule has 0 aliphatic rings. The average Bonchev–Trinajstić information content (AvgIpc) is 2.74. The minimum absolute atomic E-state index is 0.00447. The van der Waals surface area contributed by atoms with Crippen LogP contribution in [-0.4, -0.2) is 51.6 Å². The van der Waals surface area contributed by atoms with Crippen molar-refractivity contribution >= 4 is 5.91 Å². The van der Waals surface area contributed by atoms with Crippen LogP contribution in [0.4, 0.5) is 0 Å². The Bertz CT molecular complexity index is 725. The number of aliphatic hydroxyl groups is 1. The van der Waals surface area contributed by atoms with Gasteiger partial charge in [0.05, 0.1) is 21.3 Å². The maximum absolute atomic E-state index is 12.0. The lowest BCUT2D eigenvalue weighted by Crippen LogP contribution is -2.35. The topological polar surface area (TPSA) is 86.3 Å². The van der Waals surface area contributed by atoms with Crippen LogP contribution in [0.25, 0.3) is 0 Å². The first-order valence-corrected chi connectivity index (χ1v) is 8.98. The van der Waals surface area contributed by atoms with Crippen LogP contribution in [0.1, 0.15) is 12.0 Å². The number of methoxy groups -OCH3 is 3. The molecule has 0 bridgehead atoms. The summed E-state index contributed by atoms with van der Waals surface area (Å²) < 4.78 is 21.2. The Morgan fingerprint density at radius 3 is 2.21 bits per heavy atom. The zero-order valence-corrected chi connectivity index (χ0v) is 16.4. The Balaban J connectivity index is 1.74. The van der Waals surface area contributed by atoms with Crippen molar-refractivity contribution in [3.63, 3.8) is 0 Å². The fourth-order valence-electron chi connectivity index (χ4n) is 2.57. The number of aliphatic hydroxyl groups excluding tert-OH is 1. The van der Waals surface area contributed by atoms with Crippen LogP contribution >= 0.6 is 0 Å². The molecule has 2 aromatic carbocycles. The molecule has 0 saturated carbocycles. The Morgan fingerprint density at radius 2 is 1.64 bits per heavy atom. The highest BCUT2D eigenvalue weighted by Gasteiger charge is 2.14. The number of benzene rings is 2. The van der Waals surface area contributed by atoms with Crippen LogP contribution in [0, 0.1) is 0 Å². The van der Waals surface area contributed by atoms with Gasteiger partial charge in [-0.1, -0.05) is 18.2 Å². The lowest BCUT2D eigenvalue weighted by atomic mass is 10.1. The monoisotopic (exact) mass is 389 g/mol. The number of ether oxygens (including phenoxy) is 4. The van der Waals surface area contributed by atoms with Crippen LogP contribution in [0.5, 0.6) is 23.0 Å². The van der Waals surface area contributed by atoms with E-state index in [2.05, 4.69) is 5.32 Å². The number of para-hydroxylation sites is 1. The van der Waals surface area contributed by atoms with E-state index in [0.29, 0.717) is 30.1 Å². The van der Waals surface area contributed by atoms with Gasteiger partial charge in [0.2, 0.25) is 11.7 Å². The fourth-order valence-corrected chi connectivity index (χ4v) is 2.57. The summed E-state index contributed by atoms with van der Waals surface area (Å²) in [6.45, 7) is 0.0917. The zero-order valence-electron chi connectivity index (χ0n) is 16.4. The van der Waals surface area contributed by atoms with Crippen molar-refractivity contribution in [2.45, 2.75) is 18.9 Å². The minimum Gasteiger partial charge on any atom is -0.497 e. The largest absolute Gasteiger partial charge is 0.497 e. The van der Waals surface area contributed by atoms with E-state index in [-0.39, 0.29) is 19.1 Å². The highest BCUT2D eigenvalue weighted by molar-refractivity contribution is 5.76. The van der Waals surface area contributed by atoms with Gasteiger partial charge in [0.1, 0.15) is 18.5 Å². The third-order valence-corrected chi connectivity index (χ3v) is 4.14. The third-order valence-electron chi connectivity index (χ3n) is 4.14. The molecule has 0 heterocycles. The molecule has 2 rings (SSSR count). The first kappa shape index (κ1) is 21.4. The summed E-state index contributed by atoms with van der Waals surface area (Å²) in [7, 11) is 4.67.